The summed E-state index contributed by atoms with van der Waals surface area (Å²) in [4.78, 5) is 64.3. The number of hydrogen-bond acceptors (Lipinski definition) is 9. The summed E-state index contributed by atoms with van der Waals surface area (Å²) in [6.07, 6.45) is -1.50. The van der Waals surface area contributed by atoms with Gasteiger partial charge in [-0.2, -0.15) is 0 Å². The van der Waals surface area contributed by atoms with Crippen LogP contribution in [0.5, 0.6) is 0 Å². The molecule has 0 aliphatic carbocycles. The first kappa shape index (κ1) is 36.2. The Balaban J connectivity index is 1.67. The van der Waals surface area contributed by atoms with E-state index in [2.05, 4.69) is 16.0 Å². The zero-order valence-electron chi connectivity index (χ0n) is 26.7. The fourth-order valence-corrected chi connectivity index (χ4v) is 4.02. The molecule has 0 heterocycles. The van der Waals surface area contributed by atoms with Crippen LogP contribution >= 0.6 is 0 Å². The number of hydrogen-bond donors (Lipinski definition) is 3. The fourth-order valence-electron chi connectivity index (χ4n) is 4.02. The molecule has 0 fully saturated rings. The van der Waals surface area contributed by atoms with Crippen molar-refractivity contribution in [3.05, 3.63) is 108 Å². The Hall–Kier alpha value is -5.23. The molecule has 250 valence electrons. The predicted molar refractivity (Wildman–Crippen MR) is 171 cm³/mol. The summed E-state index contributed by atoms with van der Waals surface area (Å²) in [6, 6.07) is 24.4. The molecule has 2 unspecified atom stereocenters. The van der Waals surface area contributed by atoms with E-state index in [1.165, 1.54) is 0 Å². The molecule has 0 spiro atoms. The molecule has 12 heteroatoms. The van der Waals surface area contributed by atoms with Crippen LogP contribution in [0.1, 0.15) is 43.9 Å². The highest BCUT2D eigenvalue weighted by atomic mass is 16.6. The summed E-state index contributed by atoms with van der Waals surface area (Å²) in [6.45, 7) is 4.28. The number of carbonyl (C=O) groups excluding carboxylic acids is 5. The molecular weight excluding hydrogens is 606 g/mol. The second kappa shape index (κ2) is 18.7. The molecule has 0 saturated carbocycles. The van der Waals surface area contributed by atoms with Gasteiger partial charge in [-0.15, -0.1) is 0 Å². The van der Waals surface area contributed by atoms with E-state index in [4.69, 9.17) is 18.9 Å². The van der Waals surface area contributed by atoms with Gasteiger partial charge >= 0.3 is 18.0 Å². The van der Waals surface area contributed by atoms with Crippen molar-refractivity contribution in [2.75, 3.05) is 13.2 Å². The zero-order chi connectivity index (χ0) is 34.1. The van der Waals surface area contributed by atoms with Crippen LogP contribution in [-0.4, -0.2) is 60.7 Å². The summed E-state index contributed by atoms with van der Waals surface area (Å²) in [7, 11) is 0. The smallest absolute Gasteiger partial charge is 0.408 e. The Kier molecular flexibility index (Phi) is 14.4. The van der Waals surface area contributed by atoms with Crippen molar-refractivity contribution < 1.29 is 42.9 Å². The number of nitrogens with one attached hydrogen (secondary N) is 3. The molecule has 3 N–H and O–H groups in total. The first-order chi connectivity index (χ1) is 22.5. The summed E-state index contributed by atoms with van der Waals surface area (Å²) in [5.41, 5.74) is 1.45. The third-order valence-corrected chi connectivity index (χ3v) is 6.30. The third kappa shape index (κ3) is 14.6. The van der Waals surface area contributed by atoms with Crippen LogP contribution in [0.4, 0.5) is 4.79 Å². The standard InChI is InChI=1S/C35H41N3O9/c1-35(2,3)47-34(43)38-28(19-30(39)45-22-26-15-9-5-10-16-26)33(42)37-29(24-44-21-25-13-7-4-8-14-25)32(41)36-20-31(40)46-23-27-17-11-6-12-18-27/h4-18,28-29H,19-24H2,1-3H3,(H,36,41)(H,37,42)(H,38,43). The van der Waals surface area contributed by atoms with Crippen molar-refractivity contribution in [3.8, 4) is 0 Å². The van der Waals surface area contributed by atoms with Crippen molar-refractivity contribution in [1.82, 2.24) is 16.0 Å². The normalized spacial score (nSPS) is 12.1. The SMILES string of the molecule is CC(C)(C)OC(=O)NC(CC(=O)OCc1ccccc1)C(=O)NC(COCc1ccccc1)C(=O)NCC(=O)OCc1ccccc1. The molecule has 0 aliphatic rings. The lowest BCUT2D eigenvalue weighted by atomic mass is 10.1. The first-order valence-electron chi connectivity index (χ1n) is 15.1. The molecular formula is C35H41N3O9. The second-order valence-corrected chi connectivity index (χ2v) is 11.5. The average molecular weight is 648 g/mol. The van der Waals surface area contributed by atoms with Gasteiger partial charge in [0, 0.05) is 0 Å². The maximum absolute atomic E-state index is 13.5. The molecule has 47 heavy (non-hydrogen) atoms. The molecule has 2 atom stereocenters. The van der Waals surface area contributed by atoms with Crippen LogP contribution in [0.25, 0.3) is 0 Å². The minimum Gasteiger partial charge on any atom is -0.461 e. The first-order valence-corrected chi connectivity index (χ1v) is 15.1. The Morgan fingerprint density at radius 1 is 0.617 bits per heavy atom. The summed E-state index contributed by atoms with van der Waals surface area (Å²) >= 11 is 0. The van der Waals surface area contributed by atoms with Gasteiger partial charge < -0.3 is 34.9 Å². The highest BCUT2D eigenvalue weighted by Crippen LogP contribution is 2.09. The van der Waals surface area contributed by atoms with Gasteiger partial charge in [0.05, 0.1) is 19.6 Å². The number of carbonyl (C=O) groups is 5. The monoisotopic (exact) mass is 647 g/mol. The molecule has 0 aromatic heterocycles. The van der Waals surface area contributed by atoms with E-state index >= 15 is 0 Å². The molecule has 0 aliphatic heterocycles. The van der Waals surface area contributed by atoms with Crippen molar-refractivity contribution >= 4 is 29.8 Å². The lowest BCUT2D eigenvalue weighted by Crippen LogP contribution is -2.56. The maximum atomic E-state index is 13.5. The van der Waals surface area contributed by atoms with Gasteiger partial charge in [-0.1, -0.05) is 91.0 Å². The summed E-state index contributed by atoms with van der Waals surface area (Å²) in [5.74, 6) is -3.08. The topological polar surface area (TPSA) is 158 Å². The molecule has 3 amide bonds. The largest absolute Gasteiger partial charge is 0.461 e. The van der Waals surface area contributed by atoms with Gasteiger partial charge in [0.2, 0.25) is 11.8 Å². The van der Waals surface area contributed by atoms with Gasteiger partial charge in [-0.05, 0) is 37.5 Å². The van der Waals surface area contributed by atoms with Crippen molar-refractivity contribution in [2.45, 2.75) is 64.7 Å². The van der Waals surface area contributed by atoms with Crippen molar-refractivity contribution in [2.24, 2.45) is 0 Å². The third-order valence-electron chi connectivity index (χ3n) is 6.30. The summed E-state index contributed by atoms with van der Waals surface area (Å²) in [5, 5.41) is 7.37. The Morgan fingerprint density at radius 2 is 1.11 bits per heavy atom. The quantitative estimate of drug-likeness (QED) is 0.156. The Bertz CT molecular complexity index is 1450. The van der Waals surface area contributed by atoms with Crippen molar-refractivity contribution in [3.63, 3.8) is 0 Å². The van der Waals surface area contributed by atoms with Gasteiger partial charge in [0.15, 0.2) is 0 Å². The van der Waals surface area contributed by atoms with Gasteiger partial charge in [-0.25, -0.2) is 4.79 Å². The van der Waals surface area contributed by atoms with Crippen molar-refractivity contribution in [1.29, 1.82) is 0 Å². The highest BCUT2D eigenvalue weighted by molar-refractivity contribution is 5.94. The number of ether oxygens (including phenoxy) is 4. The second-order valence-electron chi connectivity index (χ2n) is 11.5. The molecule has 0 bridgehead atoms. The molecule has 3 aromatic carbocycles. The average Bonchev–Trinajstić information content (AvgIpc) is 3.05. The van der Waals surface area contributed by atoms with E-state index in [0.717, 1.165) is 16.7 Å². The van der Waals surface area contributed by atoms with Gasteiger partial charge in [0.1, 0.15) is 37.4 Å². The van der Waals surface area contributed by atoms with Crippen LogP contribution in [0, 0.1) is 0 Å². The number of amides is 3. The summed E-state index contributed by atoms with van der Waals surface area (Å²) < 4.78 is 21.5. The zero-order valence-corrected chi connectivity index (χ0v) is 26.7. The maximum Gasteiger partial charge on any atom is 0.408 e. The van der Waals surface area contributed by atoms with E-state index < -0.39 is 60.5 Å². The number of alkyl carbamates (subject to hydrolysis) is 1. The fraction of sp³-hybridized carbons (Fsp3) is 0.343. The predicted octanol–water partition coefficient (Wildman–Crippen LogP) is 3.57. The minimum absolute atomic E-state index is 0.0221. The molecule has 12 nitrogen and oxygen atoms in total. The number of esters is 2. The van der Waals surface area contributed by atoms with Gasteiger partial charge in [0.25, 0.3) is 0 Å². The van der Waals surface area contributed by atoms with Crippen LogP contribution < -0.4 is 16.0 Å². The Morgan fingerprint density at radius 3 is 1.62 bits per heavy atom. The molecule has 3 aromatic rings. The van der Waals surface area contributed by atoms with E-state index in [1.54, 1.807) is 57.2 Å². The van der Waals surface area contributed by atoms with E-state index in [0.29, 0.717) is 0 Å². The van der Waals surface area contributed by atoms with E-state index in [-0.39, 0.29) is 26.4 Å². The highest BCUT2D eigenvalue weighted by Gasteiger charge is 2.31. The van der Waals surface area contributed by atoms with Crippen LogP contribution in [0.15, 0.2) is 91.0 Å². The minimum atomic E-state index is -1.46. The molecule has 3 rings (SSSR count). The van der Waals surface area contributed by atoms with Gasteiger partial charge in [-0.3, -0.25) is 19.2 Å². The van der Waals surface area contributed by atoms with Crippen LogP contribution in [0.3, 0.4) is 0 Å². The van der Waals surface area contributed by atoms with Crippen LogP contribution in [0.2, 0.25) is 0 Å². The number of benzene rings is 3. The van der Waals surface area contributed by atoms with E-state index in [9.17, 15) is 24.0 Å². The lowest BCUT2D eigenvalue weighted by Gasteiger charge is -2.25. The number of rotatable bonds is 16. The molecule has 0 radical (unpaired) electrons. The van der Waals surface area contributed by atoms with E-state index in [1.807, 2.05) is 54.6 Å². The molecule has 0 saturated heterocycles. The Labute approximate surface area is 274 Å². The van der Waals surface area contributed by atoms with Crippen LogP contribution in [-0.2, 0) is 57.9 Å². The lowest BCUT2D eigenvalue weighted by molar-refractivity contribution is -0.147.